The smallest absolute Gasteiger partial charge is 0.370 e. The van der Waals surface area contributed by atoms with Crippen LogP contribution in [0.5, 0.6) is 0 Å². The molecule has 2 aromatic rings. The lowest BCUT2D eigenvalue weighted by atomic mass is 9.93. The van der Waals surface area contributed by atoms with E-state index >= 15 is 0 Å². The monoisotopic (exact) mass is 559 g/mol. The number of halogens is 6. The molecule has 202 valence electrons. The van der Waals surface area contributed by atoms with E-state index in [0.717, 1.165) is 43.6 Å². The largest absolute Gasteiger partial charge is 0.419 e. The average molecular weight is 560 g/mol. The molecule has 1 unspecified atom stereocenters. The van der Waals surface area contributed by atoms with Crippen molar-refractivity contribution in [2.24, 2.45) is 0 Å². The summed E-state index contributed by atoms with van der Waals surface area (Å²) in [5.74, 6) is -1.22. The summed E-state index contributed by atoms with van der Waals surface area (Å²) in [7, 11) is 1.78. The van der Waals surface area contributed by atoms with Crippen LogP contribution in [0.25, 0.3) is 0 Å². The van der Waals surface area contributed by atoms with Gasteiger partial charge in [0, 0.05) is 44.2 Å². The van der Waals surface area contributed by atoms with Gasteiger partial charge in [-0.3, -0.25) is 9.80 Å². The van der Waals surface area contributed by atoms with Crippen LogP contribution in [-0.4, -0.2) is 61.0 Å². The molecule has 2 aromatic carbocycles. The Labute approximate surface area is 225 Å². The Morgan fingerprint density at radius 2 is 1.76 bits per heavy atom. The Morgan fingerprint density at radius 3 is 2.35 bits per heavy atom. The second-order valence-electron chi connectivity index (χ2n) is 10.0. The lowest BCUT2D eigenvalue weighted by Gasteiger charge is -2.36. The number of alkyl halides is 3. The number of nitrogens with zero attached hydrogens (tertiary/aromatic N) is 3. The maximum absolute atomic E-state index is 14.5. The third kappa shape index (κ3) is 6.41. The topological polar surface area (TPSA) is 26.8 Å². The van der Waals surface area contributed by atoms with Crippen molar-refractivity contribution in [3.05, 3.63) is 63.4 Å². The summed E-state index contributed by atoms with van der Waals surface area (Å²) in [6.45, 7) is 4.78. The zero-order valence-electron chi connectivity index (χ0n) is 20.9. The molecular formula is C27H31Cl2F4N3O. The third-order valence-corrected chi connectivity index (χ3v) is 8.33. The number of benzene rings is 2. The highest BCUT2D eigenvalue weighted by Gasteiger charge is 2.42. The first-order valence-corrected chi connectivity index (χ1v) is 13.2. The van der Waals surface area contributed by atoms with Crippen LogP contribution < -0.4 is 4.90 Å². The van der Waals surface area contributed by atoms with Gasteiger partial charge in [-0.15, -0.1) is 0 Å². The van der Waals surface area contributed by atoms with Crippen molar-refractivity contribution in [3.8, 4) is 0 Å². The van der Waals surface area contributed by atoms with Crippen molar-refractivity contribution < 1.29 is 22.4 Å². The first-order chi connectivity index (χ1) is 17.5. The predicted molar refractivity (Wildman–Crippen MR) is 139 cm³/mol. The summed E-state index contributed by atoms with van der Waals surface area (Å²) in [5.41, 5.74) is 0.0359. The van der Waals surface area contributed by atoms with E-state index in [4.69, 9.17) is 23.2 Å². The Hall–Kier alpha value is -1.87. The van der Waals surface area contributed by atoms with Gasteiger partial charge in [-0.2, -0.15) is 13.2 Å². The minimum absolute atomic E-state index is 0.0625. The van der Waals surface area contributed by atoms with Crippen LogP contribution in [0.4, 0.5) is 23.2 Å². The zero-order chi connectivity index (χ0) is 26.9. The van der Waals surface area contributed by atoms with Crippen molar-refractivity contribution in [3.63, 3.8) is 0 Å². The number of rotatable bonds is 8. The van der Waals surface area contributed by atoms with E-state index in [2.05, 4.69) is 9.80 Å². The molecule has 2 heterocycles. The molecule has 0 spiro atoms. The fourth-order valence-corrected chi connectivity index (χ4v) is 5.94. The molecule has 2 saturated heterocycles. The maximum Gasteiger partial charge on any atom is 0.419 e. The minimum atomic E-state index is -4.76. The lowest BCUT2D eigenvalue weighted by molar-refractivity contribution is -0.140. The average Bonchev–Trinajstić information content (AvgIpc) is 3.50. The van der Waals surface area contributed by atoms with Crippen LogP contribution >= 0.6 is 23.2 Å². The van der Waals surface area contributed by atoms with Crippen LogP contribution in [0, 0.1) is 5.82 Å². The van der Waals surface area contributed by atoms with Gasteiger partial charge in [0.1, 0.15) is 11.6 Å². The normalized spacial score (nSPS) is 21.9. The van der Waals surface area contributed by atoms with Gasteiger partial charge in [-0.1, -0.05) is 29.3 Å². The lowest BCUT2D eigenvalue weighted by Crippen LogP contribution is -2.47. The summed E-state index contributed by atoms with van der Waals surface area (Å²) in [6, 6.07) is 8.37. The van der Waals surface area contributed by atoms with Crippen molar-refractivity contribution in [2.45, 2.75) is 56.9 Å². The molecule has 0 bridgehead atoms. The summed E-state index contributed by atoms with van der Waals surface area (Å²) >= 11 is 12.5. The number of likely N-dealkylation sites (tertiary alicyclic amines) is 2. The van der Waals surface area contributed by atoms with Gasteiger partial charge in [0.15, 0.2) is 0 Å². The van der Waals surface area contributed by atoms with Crippen molar-refractivity contribution in [1.82, 2.24) is 9.80 Å². The van der Waals surface area contributed by atoms with Crippen LogP contribution in [0.1, 0.15) is 49.7 Å². The molecule has 4 rings (SSSR count). The molecule has 0 N–H and O–H groups in total. The van der Waals surface area contributed by atoms with E-state index in [-0.39, 0.29) is 23.9 Å². The Kier molecular flexibility index (Phi) is 8.73. The molecule has 37 heavy (non-hydrogen) atoms. The van der Waals surface area contributed by atoms with Gasteiger partial charge in [0.05, 0.1) is 21.8 Å². The van der Waals surface area contributed by atoms with E-state index in [9.17, 15) is 22.4 Å². The van der Waals surface area contributed by atoms with Crippen LogP contribution in [-0.2, 0) is 11.0 Å². The van der Waals surface area contributed by atoms with Gasteiger partial charge in [0.25, 0.3) is 0 Å². The van der Waals surface area contributed by atoms with Crippen LogP contribution in [0.15, 0.2) is 36.4 Å². The Bertz CT molecular complexity index is 1120. The number of hydrogen-bond acceptors (Lipinski definition) is 4. The highest BCUT2D eigenvalue weighted by atomic mass is 35.5. The number of anilines is 1. The molecule has 0 aliphatic carbocycles. The molecule has 10 heteroatoms. The molecule has 2 fully saturated rings. The standard InChI is InChI=1S/C27H31Cl2F4N3O/c1-17(37)5-10-26(35-11-3-4-12-35)36-15-20(18-6-9-22(28)23(29)13-18)25(16-36)34(2)19-7-8-21(24(30)14-19)27(31,32)33/h6-9,13-14,20,25-26H,3-5,10-12,15-16H2,1-2H3/t20-,25-,26?/m1/s1. The molecule has 0 amide bonds. The first kappa shape index (κ1) is 28.1. The Morgan fingerprint density at radius 1 is 1.05 bits per heavy atom. The third-order valence-electron chi connectivity index (χ3n) is 7.59. The SMILES string of the molecule is CC(=O)CCC(N1CCCC1)N1C[C@H](c2ccc(Cl)c(Cl)c2)[C@H](N(C)c2ccc(C(F)(F)F)c(F)c2)C1. The van der Waals surface area contributed by atoms with Crippen molar-refractivity contribution >= 4 is 34.7 Å². The van der Waals surface area contributed by atoms with E-state index in [1.165, 1.54) is 6.07 Å². The number of carbonyl (C=O) groups is 1. The van der Waals surface area contributed by atoms with Gasteiger partial charge in [0.2, 0.25) is 0 Å². The van der Waals surface area contributed by atoms with E-state index in [1.807, 2.05) is 17.0 Å². The number of likely N-dealkylation sites (N-methyl/N-ethyl adjacent to an activating group) is 1. The quantitative estimate of drug-likeness (QED) is 0.330. The highest BCUT2D eigenvalue weighted by molar-refractivity contribution is 6.42. The molecule has 4 nitrogen and oxygen atoms in total. The van der Waals surface area contributed by atoms with Crippen LogP contribution in [0.3, 0.4) is 0 Å². The van der Waals surface area contributed by atoms with Crippen LogP contribution in [0.2, 0.25) is 10.0 Å². The summed E-state index contributed by atoms with van der Waals surface area (Å²) in [5, 5.41) is 0.860. The van der Waals surface area contributed by atoms with E-state index in [1.54, 1.807) is 20.0 Å². The highest BCUT2D eigenvalue weighted by Crippen LogP contribution is 2.39. The predicted octanol–water partition coefficient (Wildman–Crippen LogP) is 6.85. The fourth-order valence-electron chi connectivity index (χ4n) is 5.64. The maximum atomic E-state index is 14.5. The molecular weight excluding hydrogens is 529 g/mol. The second kappa shape index (κ2) is 11.5. The molecule has 0 aromatic heterocycles. The summed E-state index contributed by atoms with van der Waals surface area (Å²) < 4.78 is 53.9. The van der Waals surface area contributed by atoms with Gasteiger partial charge >= 0.3 is 6.18 Å². The van der Waals surface area contributed by atoms with Crippen molar-refractivity contribution in [2.75, 3.05) is 38.1 Å². The summed E-state index contributed by atoms with van der Waals surface area (Å²) in [4.78, 5) is 18.4. The summed E-state index contributed by atoms with van der Waals surface area (Å²) in [6.07, 6.45) is -1.30. The van der Waals surface area contributed by atoms with Gasteiger partial charge in [-0.05, 0) is 75.2 Å². The number of Topliss-reactive ketones (excluding diaryl/α,β-unsaturated/α-hetero) is 1. The molecule has 2 aliphatic rings. The molecule has 0 saturated carbocycles. The zero-order valence-corrected chi connectivity index (χ0v) is 22.4. The Balaban J connectivity index is 1.67. The molecule has 2 aliphatic heterocycles. The molecule has 3 atom stereocenters. The van der Waals surface area contributed by atoms with E-state index in [0.29, 0.717) is 41.7 Å². The van der Waals surface area contributed by atoms with Gasteiger partial charge in [-0.25, -0.2) is 4.39 Å². The van der Waals surface area contributed by atoms with Gasteiger partial charge < -0.3 is 9.69 Å². The fraction of sp³-hybridized carbons (Fsp3) is 0.519. The first-order valence-electron chi connectivity index (χ1n) is 12.5. The number of ketones is 1. The number of carbonyl (C=O) groups excluding carboxylic acids is 1. The minimum Gasteiger partial charge on any atom is -0.370 e. The molecule has 0 radical (unpaired) electrons. The second-order valence-corrected chi connectivity index (χ2v) is 10.9. The van der Waals surface area contributed by atoms with E-state index < -0.39 is 17.6 Å². The van der Waals surface area contributed by atoms with Crippen molar-refractivity contribution in [1.29, 1.82) is 0 Å². The number of hydrogen-bond donors (Lipinski definition) is 0.